The molecule has 0 aliphatic carbocycles. The number of carboxylic acids is 1. The maximum absolute atomic E-state index is 10.4. The second-order valence-electron chi connectivity index (χ2n) is 4.26. The minimum Gasteiger partial charge on any atom is -0.481 e. The van der Waals surface area contributed by atoms with Gasteiger partial charge in [-0.3, -0.25) is 4.79 Å². The molecule has 0 aromatic heterocycles. The van der Waals surface area contributed by atoms with Gasteiger partial charge in [0.2, 0.25) is 0 Å². The molecule has 0 fully saturated rings. The molecule has 0 saturated heterocycles. The number of aryl methyl sites for hydroxylation is 2. The summed E-state index contributed by atoms with van der Waals surface area (Å²) in [5, 5.41) is 19.0. The van der Waals surface area contributed by atoms with E-state index in [-0.39, 0.29) is 6.42 Å². The fraction of sp³-hybridized carbons (Fsp3) is 0.462. The molecular formula is C13H17ClO3. The highest BCUT2D eigenvalue weighted by atomic mass is 35.5. The van der Waals surface area contributed by atoms with Gasteiger partial charge in [0.15, 0.2) is 0 Å². The van der Waals surface area contributed by atoms with E-state index in [0.29, 0.717) is 23.4 Å². The van der Waals surface area contributed by atoms with Crippen LogP contribution in [-0.4, -0.2) is 16.2 Å². The molecule has 1 aromatic rings. The van der Waals surface area contributed by atoms with E-state index in [1.165, 1.54) is 0 Å². The summed E-state index contributed by atoms with van der Waals surface area (Å²) < 4.78 is 0. The van der Waals surface area contributed by atoms with Crippen LogP contribution in [0.3, 0.4) is 0 Å². The van der Waals surface area contributed by atoms with Crippen molar-refractivity contribution in [1.82, 2.24) is 0 Å². The van der Waals surface area contributed by atoms with Gasteiger partial charge in [-0.2, -0.15) is 0 Å². The topological polar surface area (TPSA) is 57.5 Å². The van der Waals surface area contributed by atoms with Crippen LogP contribution in [0.5, 0.6) is 0 Å². The first-order chi connectivity index (χ1) is 7.91. The first-order valence-corrected chi connectivity index (χ1v) is 5.96. The van der Waals surface area contributed by atoms with E-state index in [1.54, 1.807) is 0 Å². The van der Waals surface area contributed by atoms with Crippen LogP contribution < -0.4 is 0 Å². The fourth-order valence-electron chi connectivity index (χ4n) is 1.66. The van der Waals surface area contributed by atoms with Gasteiger partial charge in [-0.25, -0.2) is 0 Å². The van der Waals surface area contributed by atoms with Crippen molar-refractivity contribution in [3.63, 3.8) is 0 Å². The van der Waals surface area contributed by atoms with E-state index in [1.807, 2.05) is 26.0 Å². The molecule has 0 amide bonds. The molecule has 0 radical (unpaired) electrons. The van der Waals surface area contributed by atoms with Gasteiger partial charge in [-0.15, -0.1) is 0 Å². The van der Waals surface area contributed by atoms with E-state index < -0.39 is 12.1 Å². The Hall–Kier alpha value is -1.06. The first-order valence-electron chi connectivity index (χ1n) is 5.58. The lowest BCUT2D eigenvalue weighted by Gasteiger charge is -2.14. The van der Waals surface area contributed by atoms with Gasteiger partial charge >= 0.3 is 5.97 Å². The van der Waals surface area contributed by atoms with Crippen LogP contribution >= 0.6 is 11.6 Å². The molecule has 1 rings (SSSR count). The number of aliphatic hydroxyl groups is 1. The Bertz CT molecular complexity index is 415. The molecule has 0 bridgehead atoms. The first kappa shape index (κ1) is 14.0. The summed E-state index contributed by atoms with van der Waals surface area (Å²) in [5.41, 5.74) is 2.83. The second-order valence-corrected chi connectivity index (χ2v) is 4.67. The van der Waals surface area contributed by atoms with Crippen molar-refractivity contribution < 1.29 is 15.0 Å². The summed E-state index contributed by atoms with van der Waals surface area (Å²) in [6.07, 6.45) is 0.231. The summed E-state index contributed by atoms with van der Waals surface area (Å²) in [7, 11) is 0. The molecule has 0 aliphatic rings. The van der Waals surface area contributed by atoms with Gasteiger partial charge in [0.25, 0.3) is 0 Å². The minimum absolute atomic E-state index is 0.0690. The number of carbonyl (C=O) groups is 1. The van der Waals surface area contributed by atoms with Crippen molar-refractivity contribution in [2.24, 2.45) is 0 Å². The molecule has 17 heavy (non-hydrogen) atoms. The summed E-state index contributed by atoms with van der Waals surface area (Å²) >= 11 is 6.06. The summed E-state index contributed by atoms with van der Waals surface area (Å²) in [5.74, 6) is -0.844. The molecule has 1 atom stereocenters. The third kappa shape index (κ3) is 4.02. The molecule has 2 N–H and O–H groups in total. The lowest BCUT2D eigenvalue weighted by atomic mass is 9.99. The number of benzene rings is 1. The lowest BCUT2D eigenvalue weighted by molar-refractivity contribution is -0.137. The zero-order valence-electron chi connectivity index (χ0n) is 10.0. The van der Waals surface area contributed by atoms with Crippen LogP contribution in [-0.2, 0) is 4.79 Å². The Balaban J connectivity index is 2.71. The Morgan fingerprint density at radius 1 is 1.35 bits per heavy atom. The minimum atomic E-state index is -0.844. The van der Waals surface area contributed by atoms with E-state index in [2.05, 4.69) is 0 Å². The Morgan fingerprint density at radius 3 is 2.53 bits per heavy atom. The molecule has 4 heteroatoms. The standard InChI is InChI=1S/C13H17ClO3/c1-8-6-10(11(14)7-9(8)2)12(15)4-3-5-13(16)17/h6-7,12,15H,3-5H2,1-2H3,(H,16,17). The third-order valence-corrected chi connectivity index (χ3v) is 3.17. The smallest absolute Gasteiger partial charge is 0.303 e. The quantitative estimate of drug-likeness (QED) is 0.850. The molecule has 0 saturated carbocycles. The largest absolute Gasteiger partial charge is 0.481 e. The normalized spacial score (nSPS) is 12.5. The van der Waals surface area contributed by atoms with Crippen molar-refractivity contribution in [3.05, 3.63) is 33.8 Å². The highest BCUT2D eigenvalue weighted by molar-refractivity contribution is 6.31. The number of hydrogen-bond acceptors (Lipinski definition) is 2. The van der Waals surface area contributed by atoms with Crippen molar-refractivity contribution in [1.29, 1.82) is 0 Å². The van der Waals surface area contributed by atoms with Crippen LogP contribution in [0.1, 0.15) is 42.1 Å². The number of aliphatic carboxylic acids is 1. The molecule has 1 unspecified atom stereocenters. The van der Waals surface area contributed by atoms with Gasteiger partial charge in [0.05, 0.1) is 6.10 Å². The SMILES string of the molecule is Cc1cc(Cl)c(C(O)CCCC(=O)O)cc1C. The van der Waals surface area contributed by atoms with Gasteiger partial charge in [-0.05, 0) is 49.4 Å². The number of rotatable bonds is 5. The highest BCUT2D eigenvalue weighted by Gasteiger charge is 2.13. The van der Waals surface area contributed by atoms with E-state index in [4.69, 9.17) is 16.7 Å². The highest BCUT2D eigenvalue weighted by Crippen LogP contribution is 2.29. The van der Waals surface area contributed by atoms with Crippen molar-refractivity contribution in [2.75, 3.05) is 0 Å². The second kappa shape index (κ2) is 6.03. The van der Waals surface area contributed by atoms with Crippen LogP contribution in [0.2, 0.25) is 5.02 Å². The molecule has 0 heterocycles. The number of aliphatic hydroxyl groups excluding tert-OH is 1. The number of carboxylic acid groups (broad SMARTS) is 1. The Labute approximate surface area is 106 Å². The number of hydrogen-bond donors (Lipinski definition) is 2. The lowest BCUT2D eigenvalue weighted by Crippen LogP contribution is -2.02. The van der Waals surface area contributed by atoms with Crippen LogP contribution in [0.25, 0.3) is 0 Å². The Kier molecular flexibility index (Phi) is 4.97. The van der Waals surface area contributed by atoms with E-state index in [9.17, 15) is 9.90 Å². The molecule has 94 valence electrons. The monoisotopic (exact) mass is 256 g/mol. The van der Waals surface area contributed by atoms with Gasteiger partial charge in [-0.1, -0.05) is 17.7 Å². The van der Waals surface area contributed by atoms with Gasteiger partial charge in [0.1, 0.15) is 0 Å². The average Bonchev–Trinajstić information content (AvgIpc) is 2.22. The Morgan fingerprint density at radius 2 is 1.94 bits per heavy atom. The number of halogens is 1. The predicted molar refractivity (Wildman–Crippen MR) is 67.4 cm³/mol. The zero-order valence-corrected chi connectivity index (χ0v) is 10.8. The maximum Gasteiger partial charge on any atom is 0.303 e. The predicted octanol–water partition coefficient (Wildman–Crippen LogP) is 3.25. The molecule has 1 aromatic carbocycles. The molecule has 3 nitrogen and oxygen atoms in total. The summed E-state index contributed by atoms with van der Waals surface area (Å²) in [4.78, 5) is 10.4. The maximum atomic E-state index is 10.4. The van der Waals surface area contributed by atoms with Crippen molar-refractivity contribution in [2.45, 2.75) is 39.2 Å². The van der Waals surface area contributed by atoms with Crippen LogP contribution in [0.4, 0.5) is 0 Å². The fourth-order valence-corrected chi connectivity index (χ4v) is 2.00. The van der Waals surface area contributed by atoms with E-state index >= 15 is 0 Å². The molecular weight excluding hydrogens is 240 g/mol. The van der Waals surface area contributed by atoms with Gasteiger partial charge in [0, 0.05) is 11.4 Å². The average molecular weight is 257 g/mol. The molecule has 0 aliphatic heterocycles. The van der Waals surface area contributed by atoms with Crippen molar-refractivity contribution in [3.8, 4) is 0 Å². The van der Waals surface area contributed by atoms with E-state index in [0.717, 1.165) is 11.1 Å². The zero-order chi connectivity index (χ0) is 13.0. The molecule has 0 spiro atoms. The van der Waals surface area contributed by atoms with Gasteiger partial charge < -0.3 is 10.2 Å². The van der Waals surface area contributed by atoms with Crippen molar-refractivity contribution >= 4 is 17.6 Å². The van der Waals surface area contributed by atoms with Crippen LogP contribution in [0, 0.1) is 13.8 Å². The summed E-state index contributed by atoms with van der Waals surface area (Å²) in [6.45, 7) is 3.92. The summed E-state index contributed by atoms with van der Waals surface area (Å²) in [6, 6.07) is 3.69. The third-order valence-electron chi connectivity index (χ3n) is 2.84. The van der Waals surface area contributed by atoms with Crippen LogP contribution in [0.15, 0.2) is 12.1 Å².